The van der Waals surface area contributed by atoms with Gasteiger partial charge in [0.15, 0.2) is 0 Å². The molecule has 0 aliphatic rings. The molecule has 0 spiro atoms. The van der Waals surface area contributed by atoms with Crippen LogP contribution in [0.5, 0.6) is 0 Å². The van der Waals surface area contributed by atoms with Crippen molar-refractivity contribution in [1.29, 1.82) is 0 Å². The van der Waals surface area contributed by atoms with Gasteiger partial charge in [-0.25, -0.2) is 0 Å². The Hall–Kier alpha value is -1.55. The number of nitrogens with zero attached hydrogens (tertiary/aromatic N) is 1. The number of rotatable bonds is 7. The first-order valence-electron chi connectivity index (χ1n) is 6.19. The van der Waals surface area contributed by atoms with Crippen LogP contribution >= 0.6 is 0 Å². The summed E-state index contributed by atoms with van der Waals surface area (Å²) in [4.78, 5) is 13.8. The fourth-order valence-electron chi connectivity index (χ4n) is 1.59. The Morgan fingerprint density at radius 2 is 1.89 bits per heavy atom. The molecule has 1 rings (SSSR count). The van der Waals surface area contributed by atoms with E-state index in [4.69, 9.17) is 4.74 Å². The van der Waals surface area contributed by atoms with Crippen molar-refractivity contribution in [3.63, 3.8) is 0 Å². The molecule has 1 aromatic carbocycles. The Bertz CT molecular complexity index is 361. The van der Waals surface area contributed by atoms with Gasteiger partial charge >= 0.3 is 0 Å². The molecule has 0 unspecified atom stereocenters. The van der Waals surface area contributed by atoms with E-state index in [1.165, 1.54) is 0 Å². The number of anilines is 1. The van der Waals surface area contributed by atoms with E-state index in [1.807, 2.05) is 43.3 Å². The Balaban J connectivity index is 2.37. The van der Waals surface area contributed by atoms with E-state index in [0.717, 1.165) is 25.1 Å². The van der Waals surface area contributed by atoms with Crippen LogP contribution in [0.1, 0.15) is 23.2 Å². The fraction of sp³-hybridized carbons (Fsp3) is 0.500. The number of ether oxygens (including phenoxy) is 1. The molecule has 0 bridgehead atoms. The third-order valence-electron chi connectivity index (χ3n) is 2.71. The van der Waals surface area contributed by atoms with Crippen LogP contribution in [0, 0.1) is 0 Å². The van der Waals surface area contributed by atoms with Gasteiger partial charge in [-0.3, -0.25) is 4.79 Å². The third-order valence-corrected chi connectivity index (χ3v) is 2.71. The quantitative estimate of drug-likeness (QED) is 0.752. The molecule has 0 aliphatic carbocycles. The summed E-state index contributed by atoms with van der Waals surface area (Å²) < 4.78 is 4.95. The highest BCUT2D eigenvalue weighted by Crippen LogP contribution is 2.11. The van der Waals surface area contributed by atoms with Crippen LogP contribution in [0.3, 0.4) is 0 Å². The van der Waals surface area contributed by atoms with Gasteiger partial charge < -0.3 is 15.0 Å². The van der Waals surface area contributed by atoms with Crippen molar-refractivity contribution < 1.29 is 9.53 Å². The molecule has 0 radical (unpaired) electrons. The predicted molar refractivity (Wildman–Crippen MR) is 74.2 cm³/mol. The molecular formula is C14H22N2O2. The van der Waals surface area contributed by atoms with Crippen molar-refractivity contribution >= 4 is 11.6 Å². The zero-order valence-electron chi connectivity index (χ0n) is 11.4. The molecule has 4 nitrogen and oxygen atoms in total. The van der Waals surface area contributed by atoms with Gasteiger partial charge in [0.05, 0.1) is 0 Å². The number of hydrogen-bond acceptors (Lipinski definition) is 3. The number of hydrogen-bond donors (Lipinski definition) is 1. The molecule has 100 valence electrons. The largest absolute Gasteiger partial charge is 0.385 e. The standard InChI is InChI=1S/C14H22N2O2/c1-16(2)13-8-6-12(7-9-13)14(17)15-10-4-5-11-18-3/h6-9H,4-5,10-11H2,1-3H3,(H,15,17). The number of nitrogens with one attached hydrogen (secondary N) is 1. The van der Waals surface area contributed by atoms with E-state index in [1.54, 1.807) is 7.11 Å². The van der Waals surface area contributed by atoms with Crippen molar-refractivity contribution in [1.82, 2.24) is 5.32 Å². The second-order valence-electron chi connectivity index (χ2n) is 4.40. The van der Waals surface area contributed by atoms with E-state index in [0.29, 0.717) is 12.1 Å². The minimum Gasteiger partial charge on any atom is -0.385 e. The van der Waals surface area contributed by atoms with Gasteiger partial charge in [-0.05, 0) is 37.1 Å². The van der Waals surface area contributed by atoms with Crippen molar-refractivity contribution in [3.8, 4) is 0 Å². The highest BCUT2D eigenvalue weighted by atomic mass is 16.5. The number of unbranched alkanes of at least 4 members (excludes halogenated alkanes) is 1. The van der Waals surface area contributed by atoms with E-state index in [-0.39, 0.29) is 5.91 Å². The van der Waals surface area contributed by atoms with Gasteiger partial charge in [0.2, 0.25) is 0 Å². The minimum atomic E-state index is -0.0160. The lowest BCUT2D eigenvalue weighted by Gasteiger charge is -2.12. The SMILES string of the molecule is COCCCCNC(=O)c1ccc(N(C)C)cc1. The summed E-state index contributed by atoms with van der Waals surface area (Å²) in [7, 11) is 5.64. The summed E-state index contributed by atoms with van der Waals surface area (Å²) in [5.41, 5.74) is 1.79. The van der Waals surface area contributed by atoms with Crippen molar-refractivity contribution in [2.24, 2.45) is 0 Å². The zero-order valence-corrected chi connectivity index (χ0v) is 11.4. The minimum absolute atomic E-state index is 0.0160. The van der Waals surface area contributed by atoms with Crippen molar-refractivity contribution in [2.45, 2.75) is 12.8 Å². The smallest absolute Gasteiger partial charge is 0.251 e. The summed E-state index contributed by atoms with van der Waals surface area (Å²) in [6.07, 6.45) is 1.91. The van der Waals surface area contributed by atoms with Crippen molar-refractivity contribution in [3.05, 3.63) is 29.8 Å². The molecule has 0 aromatic heterocycles. The Morgan fingerprint density at radius 3 is 2.44 bits per heavy atom. The van der Waals surface area contributed by atoms with Gasteiger partial charge in [-0.1, -0.05) is 0 Å². The van der Waals surface area contributed by atoms with Crippen LogP contribution < -0.4 is 10.2 Å². The maximum atomic E-state index is 11.8. The van der Waals surface area contributed by atoms with Gasteiger partial charge in [0, 0.05) is 45.6 Å². The van der Waals surface area contributed by atoms with Crippen LogP contribution in [0.2, 0.25) is 0 Å². The van der Waals surface area contributed by atoms with E-state index in [2.05, 4.69) is 5.32 Å². The first-order valence-corrected chi connectivity index (χ1v) is 6.19. The Labute approximate surface area is 109 Å². The van der Waals surface area contributed by atoms with Crippen LogP contribution in [0.4, 0.5) is 5.69 Å². The van der Waals surface area contributed by atoms with Crippen LogP contribution in [-0.2, 0) is 4.74 Å². The molecule has 1 amide bonds. The van der Waals surface area contributed by atoms with Crippen LogP contribution in [0.15, 0.2) is 24.3 Å². The zero-order chi connectivity index (χ0) is 13.4. The van der Waals surface area contributed by atoms with E-state index in [9.17, 15) is 4.79 Å². The summed E-state index contributed by atoms with van der Waals surface area (Å²) in [5.74, 6) is -0.0160. The lowest BCUT2D eigenvalue weighted by molar-refractivity contribution is 0.0951. The molecule has 0 heterocycles. The molecular weight excluding hydrogens is 228 g/mol. The molecule has 1 N–H and O–H groups in total. The monoisotopic (exact) mass is 250 g/mol. The summed E-state index contributed by atoms with van der Waals surface area (Å²) in [5, 5.41) is 2.90. The van der Waals surface area contributed by atoms with E-state index >= 15 is 0 Å². The van der Waals surface area contributed by atoms with Gasteiger partial charge in [-0.15, -0.1) is 0 Å². The number of carbonyl (C=O) groups is 1. The summed E-state index contributed by atoms with van der Waals surface area (Å²) in [6, 6.07) is 7.58. The van der Waals surface area contributed by atoms with Crippen LogP contribution in [0.25, 0.3) is 0 Å². The first kappa shape index (κ1) is 14.5. The number of carbonyl (C=O) groups excluding carboxylic acids is 1. The molecule has 18 heavy (non-hydrogen) atoms. The van der Waals surface area contributed by atoms with Gasteiger partial charge in [-0.2, -0.15) is 0 Å². The second-order valence-corrected chi connectivity index (χ2v) is 4.40. The Morgan fingerprint density at radius 1 is 1.22 bits per heavy atom. The molecule has 1 aromatic rings. The lowest BCUT2D eigenvalue weighted by Crippen LogP contribution is -2.24. The molecule has 0 aliphatic heterocycles. The first-order chi connectivity index (χ1) is 8.65. The maximum absolute atomic E-state index is 11.8. The highest BCUT2D eigenvalue weighted by molar-refractivity contribution is 5.94. The molecule has 4 heteroatoms. The predicted octanol–water partition coefficient (Wildman–Crippen LogP) is 1.91. The molecule has 0 saturated heterocycles. The Kier molecular flexibility index (Phi) is 6.22. The van der Waals surface area contributed by atoms with E-state index < -0.39 is 0 Å². The number of benzene rings is 1. The lowest BCUT2D eigenvalue weighted by atomic mass is 10.2. The van der Waals surface area contributed by atoms with Crippen LogP contribution in [-0.4, -0.2) is 40.3 Å². The average molecular weight is 250 g/mol. The maximum Gasteiger partial charge on any atom is 0.251 e. The van der Waals surface area contributed by atoms with Gasteiger partial charge in [0.25, 0.3) is 5.91 Å². The second kappa shape index (κ2) is 7.71. The fourth-order valence-corrected chi connectivity index (χ4v) is 1.59. The third kappa shape index (κ3) is 4.75. The summed E-state index contributed by atoms with van der Waals surface area (Å²) >= 11 is 0. The molecule has 0 fully saturated rings. The normalized spacial score (nSPS) is 10.2. The van der Waals surface area contributed by atoms with Gasteiger partial charge in [0.1, 0.15) is 0 Å². The highest BCUT2D eigenvalue weighted by Gasteiger charge is 2.04. The number of amides is 1. The topological polar surface area (TPSA) is 41.6 Å². The molecule has 0 saturated carbocycles. The number of methoxy groups -OCH3 is 1. The average Bonchev–Trinajstić information content (AvgIpc) is 2.38. The summed E-state index contributed by atoms with van der Waals surface area (Å²) in [6.45, 7) is 1.44. The molecule has 0 atom stereocenters. The van der Waals surface area contributed by atoms with Crippen molar-refractivity contribution in [2.75, 3.05) is 39.3 Å².